The molecule has 0 aliphatic carbocycles. The maximum Gasteiger partial charge on any atom is 0.336 e. The summed E-state index contributed by atoms with van der Waals surface area (Å²) < 4.78 is 22.4. The van der Waals surface area contributed by atoms with Gasteiger partial charge in [0.15, 0.2) is 5.43 Å². The Morgan fingerprint density at radius 2 is 1.74 bits per heavy atom. The second-order valence-corrected chi connectivity index (χ2v) is 9.04. The number of allylic oxidation sites excluding steroid dienone is 1. The predicted molar refractivity (Wildman–Crippen MR) is 144 cm³/mol. The highest BCUT2D eigenvalue weighted by Gasteiger charge is 2.43. The number of nitrogens with zero attached hydrogens (tertiary/aromatic N) is 1. The van der Waals surface area contributed by atoms with Crippen LogP contribution >= 0.6 is 0 Å². The zero-order valence-corrected chi connectivity index (χ0v) is 22.2. The molecule has 0 fully saturated rings. The molecule has 8 heteroatoms. The molecule has 0 bridgehead atoms. The highest BCUT2D eigenvalue weighted by atomic mass is 16.6. The van der Waals surface area contributed by atoms with Gasteiger partial charge < -0.3 is 18.6 Å². The lowest BCUT2D eigenvalue weighted by atomic mass is 9.75. The highest BCUT2D eigenvalue weighted by Crippen LogP contribution is 2.43. The van der Waals surface area contributed by atoms with Crippen molar-refractivity contribution in [2.75, 3.05) is 26.9 Å². The topological polar surface area (TPSA) is 104 Å². The lowest BCUT2D eigenvalue weighted by molar-refractivity contribution is -0.144. The number of esters is 2. The molecule has 1 aliphatic heterocycles. The molecule has 0 radical (unpaired) electrons. The third-order valence-corrected chi connectivity index (χ3v) is 6.71. The number of rotatable bonds is 8. The first-order valence-electron chi connectivity index (χ1n) is 12.5. The monoisotopic (exact) mass is 517 g/mol. The van der Waals surface area contributed by atoms with E-state index >= 15 is 0 Å². The standard InChI is InChI=1S/C30H31NO7/c1-6-36-15-16-37-30(34)24-19(4)31-18(3)23(29(33)35-5)25(24)21-13-10-14-22-26(32)17(2)27(38-28(21)22)20-11-8-7-9-12-20/h7-14,23,25H,6,15-16H2,1-5H3. The summed E-state index contributed by atoms with van der Waals surface area (Å²) in [6, 6.07) is 14.5. The Hall–Kier alpha value is -4.04. The molecule has 4 rings (SSSR count). The van der Waals surface area contributed by atoms with Crippen LogP contribution in [0.15, 0.2) is 74.0 Å². The van der Waals surface area contributed by atoms with E-state index in [4.69, 9.17) is 18.6 Å². The van der Waals surface area contributed by atoms with Crippen molar-refractivity contribution in [1.29, 1.82) is 0 Å². The minimum absolute atomic E-state index is 0.0454. The van der Waals surface area contributed by atoms with Crippen molar-refractivity contribution in [1.82, 2.24) is 0 Å². The van der Waals surface area contributed by atoms with Crippen LogP contribution in [-0.2, 0) is 23.8 Å². The smallest absolute Gasteiger partial charge is 0.336 e. The molecule has 0 N–H and O–H groups in total. The Kier molecular flexibility index (Phi) is 8.22. The van der Waals surface area contributed by atoms with Gasteiger partial charge >= 0.3 is 11.9 Å². The third-order valence-electron chi connectivity index (χ3n) is 6.71. The van der Waals surface area contributed by atoms with Gasteiger partial charge in [-0.2, -0.15) is 0 Å². The van der Waals surface area contributed by atoms with Gasteiger partial charge in [-0.1, -0.05) is 42.5 Å². The fraction of sp³-hybridized carbons (Fsp3) is 0.333. The molecule has 2 atom stereocenters. The first-order chi connectivity index (χ1) is 18.3. The van der Waals surface area contributed by atoms with Crippen LogP contribution in [0, 0.1) is 12.8 Å². The number of carbonyl (C=O) groups excluding carboxylic acids is 2. The summed E-state index contributed by atoms with van der Waals surface area (Å²) in [6.07, 6.45) is 0. The maximum atomic E-state index is 13.5. The van der Waals surface area contributed by atoms with Crippen molar-refractivity contribution in [2.24, 2.45) is 10.9 Å². The highest BCUT2D eigenvalue weighted by molar-refractivity contribution is 6.07. The SMILES string of the molecule is CCOCCOC(=O)C1=C(C)N=C(C)C(C(=O)OC)C1c1cccc2c(=O)c(C)c(-c3ccccc3)oc12. The summed E-state index contributed by atoms with van der Waals surface area (Å²) in [4.78, 5) is 44.5. The van der Waals surface area contributed by atoms with E-state index in [0.717, 1.165) is 5.56 Å². The van der Waals surface area contributed by atoms with Crippen LogP contribution in [0.5, 0.6) is 0 Å². The molecular formula is C30H31NO7. The van der Waals surface area contributed by atoms with E-state index in [1.165, 1.54) is 7.11 Å². The predicted octanol–water partition coefficient (Wildman–Crippen LogP) is 4.97. The Bertz CT molecular complexity index is 1480. The molecule has 2 heterocycles. The van der Waals surface area contributed by atoms with Gasteiger partial charge in [0.2, 0.25) is 0 Å². The van der Waals surface area contributed by atoms with Crippen LogP contribution in [0.25, 0.3) is 22.3 Å². The number of ether oxygens (including phenoxy) is 3. The molecule has 0 saturated carbocycles. The minimum atomic E-state index is -0.921. The lowest BCUT2D eigenvalue weighted by Crippen LogP contribution is -2.36. The molecular weight excluding hydrogens is 486 g/mol. The summed E-state index contributed by atoms with van der Waals surface area (Å²) in [5.41, 5.74) is 2.93. The molecule has 0 saturated heterocycles. The zero-order valence-electron chi connectivity index (χ0n) is 22.2. The summed E-state index contributed by atoms with van der Waals surface area (Å²) >= 11 is 0. The van der Waals surface area contributed by atoms with Gasteiger partial charge in [-0.15, -0.1) is 0 Å². The number of fused-ring (bicyclic) bond motifs is 1. The van der Waals surface area contributed by atoms with Crippen LogP contribution in [0.4, 0.5) is 0 Å². The van der Waals surface area contributed by atoms with E-state index in [2.05, 4.69) is 4.99 Å². The molecule has 1 aromatic heterocycles. The number of methoxy groups -OCH3 is 1. The number of hydrogen-bond donors (Lipinski definition) is 0. The Balaban J connectivity index is 1.96. The Morgan fingerprint density at radius 1 is 1.00 bits per heavy atom. The molecule has 8 nitrogen and oxygen atoms in total. The van der Waals surface area contributed by atoms with Crippen LogP contribution in [0.3, 0.4) is 0 Å². The molecule has 2 unspecified atom stereocenters. The molecule has 198 valence electrons. The number of carbonyl (C=O) groups is 2. The van der Waals surface area contributed by atoms with E-state index in [-0.39, 0.29) is 24.2 Å². The average Bonchev–Trinajstić information content (AvgIpc) is 2.92. The van der Waals surface area contributed by atoms with Crippen molar-refractivity contribution in [3.05, 3.63) is 81.2 Å². The van der Waals surface area contributed by atoms with Gasteiger partial charge in [-0.05, 0) is 33.8 Å². The van der Waals surface area contributed by atoms with Gasteiger partial charge in [0.05, 0.1) is 24.7 Å². The molecule has 0 amide bonds. The van der Waals surface area contributed by atoms with Crippen molar-refractivity contribution in [2.45, 2.75) is 33.6 Å². The largest absolute Gasteiger partial charge is 0.468 e. The van der Waals surface area contributed by atoms with E-state index in [0.29, 0.717) is 45.9 Å². The average molecular weight is 518 g/mol. The van der Waals surface area contributed by atoms with Gasteiger partial charge in [-0.3, -0.25) is 14.6 Å². The van der Waals surface area contributed by atoms with Gasteiger partial charge in [0.25, 0.3) is 0 Å². The van der Waals surface area contributed by atoms with E-state index < -0.39 is 23.8 Å². The normalized spacial score (nSPS) is 17.3. The van der Waals surface area contributed by atoms with Crippen molar-refractivity contribution >= 4 is 28.6 Å². The summed E-state index contributed by atoms with van der Waals surface area (Å²) in [5.74, 6) is -2.52. The molecule has 0 spiro atoms. The van der Waals surface area contributed by atoms with Crippen LogP contribution in [0.2, 0.25) is 0 Å². The number of benzene rings is 2. The van der Waals surface area contributed by atoms with E-state index in [9.17, 15) is 14.4 Å². The maximum absolute atomic E-state index is 13.5. The van der Waals surface area contributed by atoms with Crippen molar-refractivity contribution in [3.8, 4) is 11.3 Å². The van der Waals surface area contributed by atoms with E-state index in [1.54, 1.807) is 39.0 Å². The molecule has 38 heavy (non-hydrogen) atoms. The summed E-state index contributed by atoms with van der Waals surface area (Å²) in [6.45, 7) is 7.77. The lowest BCUT2D eigenvalue weighted by Gasteiger charge is -2.31. The van der Waals surface area contributed by atoms with Crippen LogP contribution in [0.1, 0.15) is 37.8 Å². The van der Waals surface area contributed by atoms with E-state index in [1.807, 2.05) is 37.3 Å². The Labute approximate surface area is 220 Å². The van der Waals surface area contributed by atoms with Crippen LogP contribution < -0.4 is 5.43 Å². The first kappa shape index (κ1) is 27.0. The minimum Gasteiger partial charge on any atom is -0.468 e. The number of para-hydroxylation sites is 1. The summed E-state index contributed by atoms with van der Waals surface area (Å²) in [7, 11) is 1.29. The fourth-order valence-electron chi connectivity index (χ4n) is 4.93. The fourth-order valence-corrected chi connectivity index (χ4v) is 4.93. The van der Waals surface area contributed by atoms with Gasteiger partial charge in [0, 0.05) is 40.6 Å². The van der Waals surface area contributed by atoms with Crippen LogP contribution in [-0.4, -0.2) is 44.6 Å². The van der Waals surface area contributed by atoms with Crippen molar-refractivity contribution < 1.29 is 28.2 Å². The Morgan fingerprint density at radius 3 is 2.42 bits per heavy atom. The molecule has 1 aliphatic rings. The first-order valence-corrected chi connectivity index (χ1v) is 12.5. The summed E-state index contributed by atoms with van der Waals surface area (Å²) in [5, 5.41) is 0.352. The number of hydrogen-bond acceptors (Lipinski definition) is 8. The second-order valence-electron chi connectivity index (χ2n) is 9.04. The van der Waals surface area contributed by atoms with Crippen molar-refractivity contribution in [3.63, 3.8) is 0 Å². The third kappa shape index (κ3) is 5.04. The second kappa shape index (κ2) is 11.6. The zero-order chi connectivity index (χ0) is 27.4. The molecule has 2 aromatic carbocycles. The quantitative estimate of drug-likeness (QED) is 0.307. The number of aliphatic imine (C=N–C) groups is 1. The molecule has 3 aromatic rings. The van der Waals surface area contributed by atoms with Gasteiger partial charge in [-0.25, -0.2) is 4.79 Å². The van der Waals surface area contributed by atoms with Gasteiger partial charge in [0.1, 0.15) is 23.9 Å².